The van der Waals surface area contributed by atoms with E-state index in [9.17, 15) is 4.79 Å². The molecule has 0 aliphatic carbocycles. The van der Waals surface area contributed by atoms with Crippen molar-refractivity contribution in [3.05, 3.63) is 23.7 Å². The number of ether oxygens (including phenoxy) is 1. The predicted octanol–water partition coefficient (Wildman–Crippen LogP) is 3.23. The summed E-state index contributed by atoms with van der Waals surface area (Å²) in [6.07, 6.45) is 7.28. The molecule has 4 rings (SSSR count). The largest absolute Gasteiger partial charge is 0.465 e. The van der Waals surface area contributed by atoms with Crippen molar-refractivity contribution in [2.45, 2.75) is 64.5 Å². The summed E-state index contributed by atoms with van der Waals surface area (Å²) in [5.74, 6) is 2.52. The maximum Gasteiger partial charge on any atom is 0.230 e. The molecule has 3 aliphatic heterocycles. The van der Waals surface area contributed by atoms with E-state index < -0.39 is 0 Å². The number of piperidine rings is 1. The predicted molar refractivity (Wildman–Crippen MR) is 99.8 cm³/mol. The minimum absolute atomic E-state index is 0.157. The number of amides is 1. The van der Waals surface area contributed by atoms with Gasteiger partial charge in [0, 0.05) is 38.8 Å². The lowest BCUT2D eigenvalue weighted by atomic mass is 9.77. The Labute approximate surface area is 156 Å². The Morgan fingerprint density at radius 2 is 1.96 bits per heavy atom. The molecule has 3 saturated heterocycles. The first-order chi connectivity index (χ1) is 12.7. The molecule has 0 unspecified atom stereocenters. The molecular weight excluding hydrogens is 328 g/mol. The minimum Gasteiger partial charge on any atom is -0.465 e. The minimum atomic E-state index is -0.157. The molecular formula is C21H32N2O3. The number of likely N-dealkylation sites (tertiary alicyclic amines) is 2. The number of furan rings is 1. The van der Waals surface area contributed by atoms with Gasteiger partial charge in [0.05, 0.1) is 12.0 Å². The van der Waals surface area contributed by atoms with Crippen molar-refractivity contribution in [3.63, 3.8) is 0 Å². The van der Waals surface area contributed by atoms with Crippen molar-refractivity contribution in [1.29, 1.82) is 0 Å². The first-order valence-corrected chi connectivity index (χ1v) is 10.4. The first kappa shape index (κ1) is 18.1. The van der Waals surface area contributed by atoms with Crippen LogP contribution in [0.2, 0.25) is 0 Å². The fourth-order valence-electron chi connectivity index (χ4n) is 5.03. The lowest BCUT2D eigenvalue weighted by Crippen LogP contribution is -2.54. The van der Waals surface area contributed by atoms with Crippen molar-refractivity contribution in [3.8, 4) is 0 Å². The van der Waals surface area contributed by atoms with Crippen LogP contribution in [0.1, 0.15) is 57.0 Å². The Morgan fingerprint density at radius 1 is 1.15 bits per heavy atom. The van der Waals surface area contributed by atoms with Crippen LogP contribution in [0.3, 0.4) is 0 Å². The highest BCUT2D eigenvalue weighted by Crippen LogP contribution is 2.41. The van der Waals surface area contributed by atoms with Gasteiger partial charge in [-0.1, -0.05) is 6.92 Å². The standard InChI is InChI=1S/C21H32N2O3/c1-2-4-18-5-6-19(26-18)15-22-12-10-21(16-22)9-3-11-23(20(21)24)17-7-13-25-14-8-17/h5-6,17H,2-4,7-16H2,1H3/t21-/m1/s1. The van der Waals surface area contributed by atoms with E-state index >= 15 is 0 Å². The fourth-order valence-corrected chi connectivity index (χ4v) is 5.03. The van der Waals surface area contributed by atoms with Gasteiger partial charge in [-0.05, 0) is 57.2 Å². The first-order valence-electron chi connectivity index (χ1n) is 10.4. The van der Waals surface area contributed by atoms with Crippen molar-refractivity contribution < 1.29 is 13.9 Å². The van der Waals surface area contributed by atoms with Gasteiger partial charge in [0.1, 0.15) is 11.5 Å². The summed E-state index contributed by atoms with van der Waals surface area (Å²) in [6.45, 7) is 7.41. The fraction of sp³-hybridized carbons (Fsp3) is 0.762. The molecule has 4 heterocycles. The molecule has 3 aliphatic rings. The maximum atomic E-state index is 13.4. The highest BCUT2D eigenvalue weighted by atomic mass is 16.5. The molecule has 1 amide bonds. The molecule has 5 nitrogen and oxygen atoms in total. The highest BCUT2D eigenvalue weighted by Gasteiger charge is 2.49. The number of hydrogen-bond acceptors (Lipinski definition) is 4. The van der Waals surface area contributed by atoms with Crippen molar-refractivity contribution in [1.82, 2.24) is 9.80 Å². The summed E-state index contributed by atoms with van der Waals surface area (Å²) in [7, 11) is 0. The summed E-state index contributed by atoms with van der Waals surface area (Å²) >= 11 is 0. The molecule has 0 bridgehead atoms. The van der Waals surface area contributed by atoms with Gasteiger partial charge in [0.25, 0.3) is 0 Å². The van der Waals surface area contributed by atoms with E-state index in [0.29, 0.717) is 11.9 Å². The number of hydrogen-bond donors (Lipinski definition) is 0. The lowest BCUT2D eigenvalue weighted by Gasteiger charge is -2.44. The van der Waals surface area contributed by atoms with Crippen LogP contribution in [-0.4, -0.2) is 54.6 Å². The third-order valence-corrected chi connectivity index (χ3v) is 6.43. The number of rotatable bonds is 5. The van der Waals surface area contributed by atoms with Crippen molar-refractivity contribution >= 4 is 5.91 Å². The molecule has 1 spiro atoms. The van der Waals surface area contributed by atoms with Crippen LogP contribution in [0.5, 0.6) is 0 Å². The molecule has 5 heteroatoms. The van der Waals surface area contributed by atoms with Gasteiger partial charge in [0.2, 0.25) is 5.91 Å². The average Bonchev–Trinajstić information content (AvgIpc) is 3.27. The zero-order valence-electron chi connectivity index (χ0n) is 16.0. The summed E-state index contributed by atoms with van der Waals surface area (Å²) in [5, 5.41) is 0. The van der Waals surface area contributed by atoms with Crippen LogP contribution in [0, 0.1) is 5.41 Å². The monoisotopic (exact) mass is 360 g/mol. The number of nitrogens with zero attached hydrogens (tertiary/aromatic N) is 2. The number of carbonyl (C=O) groups is 1. The third kappa shape index (κ3) is 3.56. The lowest BCUT2D eigenvalue weighted by molar-refractivity contribution is -0.150. The summed E-state index contributed by atoms with van der Waals surface area (Å²) in [4.78, 5) is 18.0. The van der Waals surface area contributed by atoms with Gasteiger partial charge in [-0.15, -0.1) is 0 Å². The van der Waals surface area contributed by atoms with Crippen molar-refractivity contribution in [2.75, 3.05) is 32.8 Å². The second kappa shape index (κ2) is 7.73. The van der Waals surface area contributed by atoms with E-state index in [1.165, 1.54) is 0 Å². The topological polar surface area (TPSA) is 45.9 Å². The van der Waals surface area contributed by atoms with Crippen LogP contribution in [0.4, 0.5) is 0 Å². The molecule has 0 radical (unpaired) electrons. The Balaban J connectivity index is 1.39. The van der Waals surface area contributed by atoms with Gasteiger partial charge in [-0.3, -0.25) is 9.69 Å². The molecule has 0 aromatic carbocycles. The van der Waals surface area contributed by atoms with Gasteiger partial charge >= 0.3 is 0 Å². The molecule has 1 atom stereocenters. The Bertz CT molecular complexity index is 623. The summed E-state index contributed by atoms with van der Waals surface area (Å²) < 4.78 is 11.4. The van der Waals surface area contributed by atoms with E-state index in [1.54, 1.807) is 0 Å². The Kier molecular flexibility index (Phi) is 5.37. The zero-order chi connectivity index (χ0) is 18.0. The van der Waals surface area contributed by atoms with Crippen LogP contribution < -0.4 is 0 Å². The Hall–Kier alpha value is -1.33. The third-order valence-electron chi connectivity index (χ3n) is 6.43. The number of aryl methyl sites for hydroxylation is 1. The highest BCUT2D eigenvalue weighted by molar-refractivity contribution is 5.84. The quantitative estimate of drug-likeness (QED) is 0.809. The molecule has 1 aromatic heterocycles. The van der Waals surface area contributed by atoms with Gasteiger partial charge in [0.15, 0.2) is 0 Å². The molecule has 0 N–H and O–H groups in total. The molecule has 1 aromatic rings. The van der Waals surface area contributed by atoms with Crippen molar-refractivity contribution in [2.24, 2.45) is 5.41 Å². The van der Waals surface area contributed by atoms with E-state index in [-0.39, 0.29) is 5.41 Å². The smallest absolute Gasteiger partial charge is 0.230 e. The van der Waals surface area contributed by atoms with E-state index in [0.717, 1.165) is 95.9 Å². The second-order valence-electron chi connectivity index (χ2n) is 8.30. The summed E-state index contributed by atoms with van der Waals surface area (Å²) in [5.41, 5.74) is -0.157. The number of carbonyl (C=O) groups excluding carboxylic acids is 1. The zero-order valence-corrected chi connectivity index (χ0v) is 16.0. The molecule has 144 valence electrons. The van der Waals surface area contributed by atoms with E-state index in [4.69, 9.17) is 9.15 Å². The normalized spacial score (nSPS) is 28.3. The van der Waals surface area contributed by atoms with E-state index in [1.807, 2.05) is 0 Å². The molecule has 0 saturated carbocycles. The van der Waals surface area contributed by atoms with Crippen LogP contribution >= 0.6 is 0 Å². The second-order valence-corrected chi connectivity index (χ2v) is 8.30. The average molecular weight is 360 g/mol. The van der Waals surface area contributed by atoms with E-state index in [2.05, 4.69) is 28.9 Å². The van der Waals surface area contributed by atoms with Crippen LogP contribution in [-0.2, 0) is 22.5 Å². The molecule has 3 fully saturated rings. The molecule has 26 heavy (non-hydrogen) atoms. The maximum absolute atomic E-state index is 13.4. The Morgan fingerprint density at radius 3 is 2.77 bits per heavy atom. The summed E-state index contributed by atoms with van der Waals surface area (Å²) in [6, 6.07) is 4.60. The van der Waals surface area contributed by atoms with Crippen LogP contribution in [0.15, 0.2) is 16.5 Å². The van der Waals surface area contributed by atoms with Crippen LogP contribution in [0.25, 0.3) is 0 Å². The van der Waals surface area contributed by atoms with Gasteiger partial charge < -0.3 is 14.1 Å². The SMILES string of the molecule is CCCc1ccc(CN2CC[C@]3(CCCN(C4CCOCC4)C3=O)C2)o1. The van der Waals surface area contributed by atoms with Gasteiger partial charge in [-0.2, -0.15) is 0 Å². The van der Waals surface area contributed by atoms with Gasteiger partial charge in [-0.25, -0.2) is 0 Å².